The zero-order chi connectivity index (χ0) is 18.7. The van der Waals surface area contributed by atoms with Gasteiger partial charge in [-0.1, -0.05) is 24.6 Å². The molecule has 1 amide bonds. The van der Waals surface area contributed by atoms with Crippen molar-refractivity contribution in [1.29, 1.82) is 0 Å². The molecule has 0 bridgehead atoms. The highest BCUT2D eigenvalue weighted by molar-refractivity contribution is 6.01. The highest BCUT2D eigenvalue weighted by atomic mass is 16.3. The molecule has 0 saturated heterocycles. The van der Waals surface area contributed by atoms with Crippen molar-refractivity contribution in [3.63, 3.8) is 0 Å². The first kappa shape index (κ1) is 18.1. The topological polar surface area (TPSA) is 69.2 Å². The molecule has 136 valence electrons. The summed E-state index contributed by atoms with van der Waals surface area (Å²) in [6, 6.07) is 9.68. The number of aliphatic hydroxyl groups excluding tert-OH is 1. The van der Waals surface area contributed by atoms with E-state index in [1.165, 1.54) is 0 Å². The van der Waals surface area contributed by atoms with E-state index in [1.54, 1.807) is 17.3 Å². The predicted molar refractivity (Wildman–Crippen MR) is 103 cm³/mol. The number of aliphatic hydroxyl groups is 1. The Bertz CT molecular complexity index is 898. The molecule has 0 aliphatic heterocycles. The zero-order valence-corrected chi connectivity index (χ0v) is 15.5. The fraction of sp³-hybridized carbons (Fsp3) is 0.333. The van der Waals surface area contributed by atoms with Gasteiger partial charge in [0.05, 0.1) is 12.6 Å². The van der Waals surface area contributed by atoms with E-state index >= 15 is 0 Å². The summed E-state index contributed by atoms with van der Waals surface area (Å²) in [6.45, 7) is 6.33. The van der Waals surface area contributed by atoms with Crippen LogP contribution in [0.3, 0.4) is 0 Å². The lowest BCUT2D eigenvalue weighted by Gasteiger charge is -2.30. The summed E-state index contributed by atoms with van der Waals surface area (Å²) < 4.78 is 0. The number of hydrogen-bond donors (Lipinski definition) is 2. The molecule has 2 heterocycles. The Balaban J connectivity index is 2.00. The molecule has 2 N–H and O–H groups in total. The van der Waals surface area contributed by atoms with Gasteiger partial charge in [0.15, 0.2) is 0 Å². The minimum atomic E-state index is -0.241. The van der Waals surface area contributed by atoms with Crippen molar-refractivity contribution in [2.75, 3.05) is 6.61 Å². The molecule has 5 heteroatoms. The number of rotatable bonds is 6. The van der Waals surface area contributed by atoms with Gasteiger partial charge in [0, 0.05) is 29.8 Å². The molecule has 0 saturated carbocycles. The van der Waals surface area contributed by atoms with Crippen LogP contribution < -0.4 is 0 Å². The maximum absolute atomic E-state index is 13.3. The largest absolute Gasteiger partial charge is 0.394 e. The van der Waals surface area contributed by atoms with Crippen LogP contribution in [-0.4, -0.2) is 38.5 Å². The second-order valence-corrected chi connectivity index (χ2v) is 6.71. The van der Waals surface area contributed by atoms with Crippen LogP contribution in [0.5, 0.6) is 0 Å². The van der Waals surface area contributed by atoms with Crippen LogP contribution in [0.1, 0.15) is 40.5 Å². The number of pyridine rings is 1. The van der Waals surface area contributed by atoms with Gasteiger partial charge in [0.2, 0.25) is 0 Å². The SMILES string of the molecule is CC[C@H](CO)N(Cc1cccnc1)C(=O)c1[nH]c2ccc(C)cc2c1C. The van der Waals surface area contributed by atoms with Crippen molar-refractivity contribution < 1.29 is 9.90 Å². The van der Waals surface area contributed by atoms with E-state index in [1.807, 2.05) is 45.0 Å². The summed E-state index contributed by atoms with van der Waals surface area (Å²) in [5, 5.41) is 10.9. The molecule has 0 unspecified atom stereocenters. The Labute approximate surface area is 153 Å². The molecule has 3 aromatic rings. The fourth-order valence-electron chi connectivity index (χ4n) is 3.30. The van der Waals surface area contributed by atoms with E-state index in [0.717, 1.165) is 27.6 Å². The van der Waals surface area contributed by atoms with E-state index in [0.29, 0.717) is 18.7 Å². The number of aromatic amines is 1. The van der Waals surface area contributed by atoms with Crippen LogP contribution >= 0.6 is 0 Å². The van der Waals surface area contributed by atoms with Crippen molar-refractivity contribution in [3.05, 3.63) is 65.1 Å². The minimum absolute atomic E-state index is 0.0686. The number of H-pyrrole nitrogens is 1. The highest BCUT2D eigenvalue weighted by Crippen LogP contribution is 2.25. The number of fused-ring (bicyclic) bond motifs is 1. The van der Waals surface area contributed by atoms with Gasteiger partial charge in [-0.15, -0.1) is 0 Å². The molecule has 1 aromatic carbocycles. The van der Waals surface area contributed by atoms with Gasteiger partial charge in [0.25, 0.3) is 5.91 Å². The summed E-state index contributed by atoms with van der Waals surface area (Å²) >= 11 is 0. The normalized spacial score (nSPS) is 12.3. The van der Waals surface area contributed by atoms with Crippen LogP contribution in [0.15, 0.2) is 42.7 Å². The van der Waals surface area contributed by atoms with E-state index in [-0.39, 0.29) is 18.6 Å². The number of carbonyl (C=O) groups excluding carboxylic acids is 1. The summed E-state index contributed by atoms with van der Waals surface area (Å²) in [7, 11) is 0. The van der Waals surface area contributed by atoms with Crippen molar-refractivity contribution in [1.82, 2.24) is 14.9 Å². The Kier molecular flexibility index (Phi) is 5.38. The third-order valence-electron chi connectivity index (χ3n) is 4.89. The maximum atomic E-state index is 13.3. The van der Waals surface area contributed by atoms with E-state index in [2.05, 4.69) is 16.0 Å². The first-order chi connectivity index (χ1) is 12.5. The lowest BCUT2D eigenvalue weighted by atomic mass is 10.1. The molecule has 0 fully saturated rings. The van der Waals surface area contributed by atoms with Crippen molar-refractivity contribution in [2.24, 2.45) is 0 Å². The summed E-state index contributed by atoms with van der Waals surface area (Å²) in [4.78, 5) is 22.5. The number of nitrogens with one attached hydrogen (secondary N) is 1. The van der Waals surface area contributed by atoms with Gasteiger partial charge >= 0.3 is 0 Å². The smallest absolute Gasteiger partial charge is 0.271 e. The molecule has 3 rings (SSSR count). The van der Waals surface area contributed by atoms with Gasteiger partial charge in [-0.2, -0.15) is 0 Å². The minimum Gasteiger partial charge on any atom is -0.394 e. The second-order valence-electron chi connectivity index (χ2n) is 6.71. The lowest BCUT2D eigenvalue weighted by Crippen LogP contribution is -2.42. The van der Waals surface area contributed by atoms with Gasteiger partial charge < -0.3 is 15.0 Å². The average molecular weight is 351 g/mol. The molecule has 5 nitrogen and oxygen atoms in total. The number of nitrogens with zero attached hydrogens (tertiary/aromatic N) is 2. The monoisotopic (exact) mass is 351 g/mol. The van der Waals surface area contributed by atoms with Crippen LogP contribution in [0.4, 0.5) is 0 Å². The number of benzene rings is 1. The average Bonchev–Trinajstić information content (AvgIpc) is 2.98. The van der Waals surface area contributed by atoms with Crippen LogP contribution in [0, 0.1) is 13.8 Å². The number of aryl methyl sites for hydroxylation is 2. The molecular weight excluding hydrogens is 326 g/mol. The molecule has 26 heavy (non-hydrogen) atoms. The first-order valence-corrected chi connectivity index (χ1v) is 8.94. The van der Waals surface area contributed by atoms with Crippen LogP contribution in [0.25, 0.3) is 10.9 Å². The van der Waals surface area contributed by atoms with Crippen molar-refractivity contribution in [3.8, 4) is 0 Å². The number of aromatic nitrogens is 2. The molecular formula is C21H25N3O2. The summed E-state index contributed by atoms with van der Waals surface area (Å²) in [6.07, 6.45) is 4.15. The summed E-state index contributed by atoms with van der Waals surface area (Å²) in [5.41, 5.74) is 4.58. The quantitative estimate of drug-likeness (QED) is 0.713. The molecule has 0 radical (unpaired) electrons. The number of amides is 1. The molecule has 0 spiro atoms. The predicted octanol–water partition coefficient (Wildman–Crippen LogP) is 3.59. The highest BCUT2D eigenvalue weighted by Gasteiger charge is 2.26. The molecule has 1 atom stereocenters. The Hall–Kier alpha value is -2.66. The number of hydrogen-bond acceptors (Lipinski definition) is 3. The van der Waals surface area contributed by atoms with E-state index < -0.39 is 0 Å². The van der Waals surface area contributed by atoms with Gasteiger partial charge in [-0.25, -0.2) is 0 Å². The Morgan fingerprint density at radius 3 is 2.77 bits per heavy atom. The van der Waals surface area contributed by atoms with Gasteiger partial charge in [-0.05, 0) is 49.6 Å². The lowest BCUT2D eigenvalue weighted by molar-refractivity contribution is 0.0558. The number of carbonyl (C=O) groups is 1. The van der Waals surface area contributed by atoms with Crippen molar-refractivity contribution >= 4 is 16.8 Å². The third kappa shape index (κ3) is 3.48. The second kappa shape index (κ2) is 7.70. The standard InChI is InChI=1S/C21H25N3O2/c1-4-17(13-25)24(12-16-6-5-9-22-11-16)21(26)20-15(3)18-10-14(2)7-8-19(18)23-20/h5-11,17,23,25H,4,12-13H2,1-3H3/t17-/m1/s1. The molecule has 2 aromatic heterocycles. The molecule has 0 aliphatic rings. The van der Waals surface area contributed by atoms with Gasteiger partial charge in [0.1, 0.15) is 5.69 Å². The van der Waals surface area contributed by atoms with E-state index in [4.69, 9.17) is 0 Å². The Morgan fingerprint density at radius 2 is 2.12 bits per heavy atom. The van der Waals surface area contributed by atoms with Crippen LogP contribution in [0.2, 0.25) is 0 Å². The molecule has 0 aliphatic carbocycles. The third-order valence-corrected chi connectivity index (χ3v) is 4.89. The Morgan fingerprint density at radius 1 is 1.31 bits per heavy atom. The zero-order valence-electron chi connectivity index (χ0n) is 15.5. The first-order valence-electron chi connectivity index (χ1n) is 8.94. The van der Waals surface area contributed by atoms with Gasteiger partial charge in [-0.3, -0.25) is 9.78 Å². The fourth-order valence-corrected chi connectivity index (χ4v) is 3.30. The maximum Gasteiger partial charge on any atom is 0.271 e. The van der Waals surface area contributed by atoms with E-state index in [9.17, 15) is 9.90 Å². The van der Waals surface area contributed by atoms with Crippen LogP contribution in [-0.2, 0) is 6.54 Å². The summed E-state index contributed by atoms with van der Waals surface area (Å²) in [5.74, 6) is -0.0962. The van der Waals surface area contributed by atoms with Crippen molar-refractivity contribution in [2.45, 2.75) is 39.8 Å².